The van der Waals surface area contributed by atoms with E-state index in [1.54, 1.807) is 12.1 Å². The first-order valence-electron chi connectivity index (χ1n) is 4.73. The molecule has 0 saturated carbocycles. The Balaban J connectivity index is 2.17. The number of aryl methyl sites for hydroxylation is 1. The number of anilines is 1. The Hall–Kier alpha value is -1.08. The number of ether oxygens (including phenoxy) is 1. The van der Waals surface area contributed by atoms with E-state index < -0.39 is 0 Å². The second-order valence-corrected chi connectivity index (χ2v) is 5.11. The molecule has 0 fully saturated rings. The van der Waals surface area contributed by atoms with Gasteiger partial charge in [-0.1, -0.05) is 10.3 Å². The van der Waals surface area contributed by atoms with E-state index >= 15 is 0 Å². The molecule has 1 aromatic carbocycles. The molecule has 5 nitrogen and oxygen atoms in total. The maximum Gasteiger partial charge on any atom is 0.148 e. The summed E-state index contributed by atoms with van der Waals surface area (Å²) in [4.78, 5) is 0. The van der Waals surface area contributed by atoms with E-state index in [4.69, 9.17) is 10.5 Å². The number of nitrogens with two attached hydrogens (primary N) is 1. The molecular formula is C10H9Br2N3O2. The van der Waals surface area contributed by atoms with Crippen LogP contribution in [0.15, 0.2) is 25.7 Å². The zero-order valence-electron chi connectivity index (χ0n) is 8.91. The van der Waals surface area contributed by atoms with Gasteiger partial charge in [-0.2, -0.15) is 0 Å². The first kappa shape index (κ1) is 12.4. The average Bonchev–Trinajstić information content (AvgIpc) is 2.62. The molecule has 1 aromatic heterocycles. The fourth-order valence-electron chi connectivity index (χ4n) is 1.24. The SMILES string of the molecule is Cc1nonc1COc1c(Br)cc(N)cc1Br. The number of aromatic nitrogens is 2. The van der Waals surface area contributed by atoms with Gasteiger partial charge in [0.15, 0.2) is 0 Å². The Morgan fingerprint density at radius 2 is 1.94 bits per heavy atom. The van der Waals surface area contributed by atoms with Crippen molar-refractivity contribution in [3.8, 4) is 5.75 Å². The summed E-state index contributed by atoms with van der Waals surface area (Å²) in [6, 6.07) is 3.54. The molecule has 0 aliphatic carbocycles. The standard InChI is InChI=1S/C10H9Br2N3O2/c1-5-9(15-17-14-5)4-16-10-7(11)2-6(13)3-8(10)12/h2-3H,4,13H2,1H3. The second-order valence-electron chi connectivity index (χ2n) is 3.40. The van der Waals surface area contributed by atoms with E-state index in [0.29, 0.717) is 22.8 Å². The minimum atomic E-state index is 0.288. The molecule has 0 amide bonds. The van der Waals surface area contributed by atoms with Crippen molar-refractivity contribution in [3.05, 3.63) is 32.5 Å². The van der Waals surface area contributed by atoms with Crippen LogP contribution in [0.4, 0.5) is 5.69 Å². The Labute approximate surface area is 115 Å². The van der Waals surface area contributed by atoms with E-state index in [9.17, 15) is 0 Å². The van der Waals surface area contributed by atoms with Crippen molar-refractivity contribution in [2.24, 2.45) is 0 Å². The fraction of sp³-hybridized carbons (Fsp3) is 0.200. The van der Waals surface area contributed by atoms with Crippen LogP contribution < -0.4 is 10.5 Å². The van der Waals surface area contributed by atoms with Crippen LogP contribution in [0.25, 0.3) is 0 Å². The third kappa shape index (κ3) is 2.78. The first-order valence-corrected chi connectivity index (χ1v) is 6.32. The average molecular weight is 363 g/mol. The number of nitrogen functional groups attached to an aromatic ring is 1. The molecule has 0 aliphatic rings. The number of benzene rings is 1. The van der Waals surface area contributed by atoms with Gasteiger partial charge in [-0.15, -0.1) is 0 Å². The van der Waals surface area contributed by atoms with Crippen molar-refractivity contribution >= 4 is 37.5 Å². The van der Waals surface area contributed by atoms with Crippen molar-refractivity contribution < 1.29 is 9.37 Å². The summed E-state index contributed by atoms with van der Waals surface area (Å²) in [6.45, 7) is 2.10. The zero-order valence-corrected chi connectivity index (χ0v) is 12.1. The number of halogens is 2. The molecule has 17 heavy (non-hydrogen) atoms. The molecule has 0 atom stereocenters. The predicted octanol–water partition coefficient (Wildman–Crippen LogP) is 3.06. The van der Waals surface area contributed by atoms with Crippen LogP contribution in [0.2, 0.25) is 0 Å². The van der Waals surface area contributed by atoms with Crippen molar-refractivity contribution in [1.29, 1.82) is 0 Å². The molecule has 1 heterocycles. The summed E-state index contributed by atoms with van der Waals surface area (Å²) in [5, 5.41) is 7.42. The fourth-order valence-corrected chi connectivity index (χ4v) is 2.69. The topological polar surface area (TPSA) is 74.2 Å². The van der Waals surface area contributed by atoms with E-state index in [-0.39, 0.29) is 6.61 Å². The van der Waals surface area contributed by atoms with Gasteiger partial charge in [0.2, 0.25) is 0 Å². The van der Waals surface area contributed by atoms with Gasteiger partial charge in [0, 0.05) is 5.69 Å². The maximum atomic E-state index is 5.69. The summed E-state index contributed by atoms with van der Waals surface area (Å²) in [5.74, 6) is 0.668. The first-order chi connectivity index (χ1) is 8.08. The molecule has 0 radical (unpaired) electrons. The summed E-state index contributed by atoms with van der Waals surface area (Å²) < 4.78 is 11.8. The maximum absolute atomic E-state index is 5.69. The molecule has 0 unspecified atom stereocenters. The molecule has 2 aromatic rings. The summed E-state index contributed by atoms with van der Waals surface area (Å²) in [7, 11) is 0. The molecule has 0 bridgehead atoms. The highest BCUT2D eigenvalue weighted by atomic mass is 79.9. The second kappa shape index (κ2) is 5.05. The highest BCUT2D eigenvalue weighted by molar-refractivity contribution is 9.11. The molecule has 0 spiro atoms. The van der Waals surface area contributed by atoms with Crippen LogP contribution in [0, 0.1) is 6.92 Å². The molecule has 7 heteroatoms. The van der Waals surface area contributed by atoms with Gasteiger partial charge in [0.05, 0.1) is 8.95 Å². The summed E-state index contributed by atoms with van der Waals surface area (Å²) in [6.07, 6.45) is 0. The lowest BCUT2D eigenvalue weighted by atomic mass is 10.3. The Bertz CT molecular complexity index is 519. The van der Waals surface area contributed by atoms with Gasteiger partial charge < -0.3 is 10.5 Å². The molecule has 0 saturated heterocycles. The van der Waals surface area contributed by atoms with E-state index in [1.807, 2.05) is 6.92 Å². The van der Waals surface area contributed by atoms with Crippen LogP contribution in [0.3, 0.4) is 0 Å². The minimum absolute atomic E-state index is 0.288. The van der Waals surface area contributed by atoms with E-state index in [1.165, 1.54) is 0 Å². The van der Waals surface area contributed by atoms with E-state index in [2.05, 4.69) is 46.8 Å². The molecule has 0 aliphatic heterocycles. The van der Waals surface area contributed by atoms with Crippen LogP contribution in [-0.2, 0) is 6.61 Å². The smallest absolute Gasteiger partial charge is 0.148 e. The normalized spacial score (nSPS) is 10.5. The van der Waals surface area contributed by atoms with Gasteiger partial charge in [0.1, 0.15) is 23.7 Å². The number of hydrogen-bond donors (Lipinski definition) is 1. The van der Waals surface area contributed by atoms with Crippen molar-refractivity contribution in [1.82, 2.24) is 10.3 Å². The third-order valence-corrected chi connectivity index (χ3v) is 3.30. The number of rotatable bonds is 3. The highest BCUT2D eigenvalue weighted by Crippen LogP contribution is 2.36. The lowest BCUT2D eigenvalue weighted by molar-refractivity contribution is 0.268. The Morgan fingerprint density at radius 3 is 2.47 bits per heavy atom. The summed E-state index contributed by atoms with van der Waals surface area (Å²) in [5.41, 5.74) is 7.72. The van der Waals surface area contributed by atoms with Crippen LogP contribution in [0.5, 0.6) is 5.75 Å². The zero-order chi connectivity index (χ0) is 12.4. The Kier molecular flexibility index (Phi) is 3.68. The van der Waals surface area contributed by atoms with Crippen molar-refractivity contribution in [2.75, 3.05) is 5.73 Å². The van der Waals surface area contributed by atoms with Crippen LogP contribution in [-0.4, -0.2) is 10.3 Å². The van der Waals surface area contributed by atoms with Crippen LogP contribution in [0.1, 0.15) is 11.4 Å². The number of nitrogens with zero attached hydrogens (tertiary/aromatic N) is 2. The minimum Gasteiger partial charge on any atom is -0.485 e. The van der Waals surface area contributed by atoms with Crippen molar-refractivity contribution in [2.45, 2.75) is 13.5 Å². The lowest BCUT2D eigenvalue weighted by Gasteiger charge is -2.09. The van der Waals surface area contributed by atoms with Gasteiger partial charge in [0.25, 0.3) is 0 Å². The van der Waals surface area contributed by atoms with E-state index in [0.717, 1.165) is 8.95 Å². The van der Waals surface area contributed by atoms with Gasteiger partial charge in [-0.3, -0.25) is 0 Å². The lowest BCUT2D eigenvalue weighted by Crippen LogP contribution is -1.99. The highest BCUT2D eigenvalue weighted by Gasteiger charge is 2.11. The largest absolute Gasteiger partial charge is 0.485 e. The monoisotopic (exact) mass is 361 g/mol. The quantitative estimate of drug-likeness (QED) is 0.849. The van der Waals surface area contributed by atoms with Gasteiger partial charge >= 0.3 is 0 Å². The number of hydrogen-bond acceptors (Lipinski definition) is 5. The van der Waals surface area contributed by atoms with Gasteiger partial charge in [-0.05, 0) is 50.9 Å². The van der Waals surface area contributed by atoms with Gasteiger partial charge in [-0.25, -0.2) is 4.63 Å². The predicted molar refractivity (Wildman–Crippen MR) is 69.6 cm³/mol. The Morgan fingerprint density at radius 1 is 1.29 bits per heavy atom. The molecule has 90 valence electrons. The van der Waals surface area contributed by atoms with Crippen LogP contribution >= 0.6 is 31.9 Å². The third-order valence-electron chi connectivity index (χ3n) is 2.12. The molecule has 2 rings (SSSR count). The summed E-state index contributed by atoms with van der Waals surface area (Å²) >= 11 is 6.77. The molecular weight excluding hydrogens is 354 g/mol. The molecule has 2 N–H and O–H groups in total. The van der Waals surface area contributed by atoms with Crippen molar-refractivity contribution in [3.63, 3.8) is 0 Å².